The molecule has 0 aliphatic rings. The Kier molecular flexibility index (Phi) is 6.18. The fourth-order valence-corrected chi connectivity index (χ4v) is 3.37. The highest BCUT2D eigenvalue weighted by atomic mass is 79.9. The minimum atomic E-state index is -0.635. The van der Waals surface area contributed by atoms with Crippen LogP contribution in [0.3, 0.4) is 0 Å². The lowest BCUT2D eigenvalue weighted by molar-refractivity contribution is -0.130. The minimum absolute atomic E-state index is 0.0621. The molecular weight excluding hydrogens is 378 g/mol. The molecular formula is C16H18BrN3O2S. The van der Waals surface area contributed by atoms with Gasteiger partial charge in [-0.15, -0.1) is 11.3 Å². The van der Waals surface area contributed by atoms with Crippen molar-refractivity contribution in [2.75, 3.05) is 7.05 Å². The summed E-state index contributed by atoms with van der Waals surface area (Å²) in [7, 11) is 1.75. The molecule has 0 aliphatic carbocycles. The van der Waals surface area contributed by atoms with Gasteiger partial charge in [0, 0.05) is 22.9 Å². The van der Waals surface area contributed by atoms with Crippen molar-refractivity contribution in [2.24, 2.45) is 5.73 Å². The summed E-state index contributed by atoms with van der Waals surface area (Å²) in [6.45, 7) is 0.494. The standard InChI is InChI=1S/C16H18BrN3O2S/c1-20(10-11-5-2-3-6-12(11)17)15(21)9-13(19-16(18)22)14-7-4-8-23-14/h2-8,13H,9-10H2,1H3,(H3,18,19,22). The molecule has 122 valence electrons. The van der Waals surface area contributed by atoms with Gasteiger partial charge in [-0.25, -0.2) is 4.79 Å². The fraction of sp³-hybridized carbons (Fsp3) is 0.250. The number of thiophene rings is 1. The fourth-order valence-electron chi connectivity index (χ4n) is 2.18. The van der Waals surface area contributed by atoms with Gasteiger partial charge < -0.3 is 16.0 Å². The van der Waals surface area contributed by atoms with Gasteiger partial charge in [0.05, 0.1) is 12.5 Å². The molecule has 1 aromatic carbocycles. The predicted octanol–water partition coefficient (Wildman–Crippen LogP) is 3.27. The number of nitrogens with zero attached hydrogens (tertiary/aromatic N) is 1. The Bertz CT molecular complexity index is 676. The maximum absolute atomic E-state index is 12.5. The van der Waals surface area contributed by atoms with Crippen LogP contribution in [0.5, 0.6) is 0 Å². The van der Waals surface area contributed by atoms with Crippen LogP contribution in [-0.2, 0) is 11.3 Å². The Morgan fingerprint density at radius 2 is 2.04 bits per heavy atom. The average Bonchev–Trinajstić information content (AvgIpc) is 3.02. The normalized spacial score (nSPS) is 11.7. The zero-order valence-electron chi connectivity index (χ0n) is 12.7. The van der Waals surface area contributed by atoms with E-state index in [1.165, 1.54) is 11.3 Å². The molecule has 0 saturated carbocycles. The zero-order valence-corrected chi connectivity index (χ0v) is 15.1. The number of carbonyl (C=O) groups is 2. The number of nitrogens with two attached hydrogens (primary N) is 1. The van der Waals surface area contributed by atoms with Crippen molar-refractivity contribution in [1.82, 2.24) is 10.2 Å². The van der Waals surface area contributed by atoms with E-state index < -0.39 is 12.1 Å². The average molecular weight is 396 g/mol. The summed E-state index contributed by atoms with van der Waals surface area (Å²) in [6.07, 6.45) is 0.171. The summed E-state index contributed by atoms with van der Waals surface area (Å²) in [5, 5.41) is 4.54. The number of hydrogen-bond donors (Lipinski definition) is 2. The summed E-state index contributed by atoms with van der Waals surface area (Å²) >= 11 is 4.96. The van der Waals surface area contributed by atoms with Gasteiger partial charge in [0.25, 0.3) is 0 Å². The van der Waals surface area contributed by atoms with E-state index >= 15 is 0 Å². The first-order valence-electron chi connectivity index (χ1n) is 7.04. The molecule has 1 heterocycles. The van der Waals surface area contributed by atoms with Crippen LogP contribution in [0.2, 0.25) is 0 Å². The first kappa shape index (κ1) is 17.5. The number of rotatable bonds is 6. The Morgan fingerprint density at radius 1 is 1.30 bits per heavy atom. The molecule has 0 aliphatic heterocycles. The molecule has 0 fully saturated rings. The number of nitrogens with one attached hydrogen (secondary N) is 1. The predicted molar refractivity (Wildman–Crippen MR) is 95.0 cm³/mol. The Balaban J connectivity index is 2.03. The number of primary amides is 1. The number of halogens is 1. The van der Waals surface area contributed by atoms with E-state index in [-0.39, 0.29) is 12.3 Å². The highest BCUT2D eigenvalue weighted by Crippen LogP contribution is 2.23. The van der Waals surface area contributed by atoms with Gasteiger partial charge in [0.1, 0.15) is 0 Å². The molecule has 3 N–H and O–H groups in total. The van der Waals surface area contributed by atoms with Gasteiger partial charge in [-0.2, -0.15) is 0 Å². The van der Waals surface area contributed by atoms with E-state index in [9.17, 15) is 9.59 Å². The second-order valence-electron chi connectivity index (χ2n) is 5.12. The molecule has 5 nitrogen and oxygen atoms in total. The van der Waals surface area contributed by atoms with Crippen molar-refractivity contribution < 1.29 is 9.59 Å². The van der Waals surface area contributed by atoms with Crippen LogP contribution in [0.4, 0.5) is 4.79 Å². The Labute approximate surface area is 147 Å². The smallest absolute Gasteiger partial charge is 0.312 e. The van der Waals surface area contributed by atoms with E-state index in [0.717, 1.165) is 14.9 Å². The van der Waals surface area contributed by atoms with Gasteiger partial charge >= 0.3 is 6.03 Å². The van der Waals surface area contributed by atoms with E-state index in [1.807, 2.05) is 41.8 Å². The van der Waals surface area contributed by atoms with Crippen molar-refractivity contribution >= 4 is 39.2 Å². The largest absolute Gasteiger partial charge is 0.352 e. The molecule has 0 bridgehead atoms. The summed E-state index contributed by atoms with van der Waals surface area (Å²) in [5.74, 6) is -0.0621. The monoisotopic (exact) mass is 395 g/mol. The summed E-state index contributed by atoms with van der Waals surface area (Å²) in [6, 6.07) is 10.5. The van der Waals surface area contributed by atoms with Crippen LogP contribution in [0.25, 0.3) is 0 Å². The van der Waals surface area contributed by atoms with Crippen LogP contribution in [0, 0.1) is 0 Å². The van der Waals surface area contributed by atoms with Crippen molar-refractivity contribution in [3.05, 3.63) is 56.7 Å². The summed E-state index contributed by atoms with van der Waals surface area (Å²) < 4.78 is 0.963. The topological polar surface area (TPSA) is 75.4 Å². The molecule has 2 aromatic rings. The lowest BCUT2D eigenvalue weighted by atomic mass is 10.1. The molecule has 1 unspecified atom stereocenters. The van der Waals surface area contributed by atoms with E-state index in [1.54, 1.807) is 11.9 Å². The quantitative estimate of drug-likeness (QED) is 0.787. The number of benzene rings is 1. The number of urea groups is 1. The third-order valence-electron chi connectivity index (χ3n) is 3.37. The number of hydrogen-bond acceptors (Lipinski definition) is 3. The van der Waals surface area contributed by atoms with Crippen LogP contribution in [-0.4, -0.2) is 23.9 Å². The van der Waals surface area contributed by atoms with Crippen LogP contribution >= 0.6 is 27.3 Å². The van der Waals surface area contributed by atoms with Crippen LogP contribution in [0.15, 0.2) is 46.3 Å². The molecule has 0 saturated heterocycles. The molecule has 2 rings (SSSR count). The number of amides is 3. The van der Waals surface area contributed by atoms with Crippen LogP contribution in [0.1, 0.15) is 22.9 Å². The van der Waals surface area contributed by atoms with Gasteiger partial charge in [-0.1, -0.05) is 40.2 Å². The SMILES string of the molecule is CN(Cc1ccccc1Br)C(=O)CC(NC(N)=O)c1cccs1. The third-order valence-corrected chi connectivity index (χ3v) is 5.13. The van der Waals surface area contributed by atoms with Crippen molar-refractivity contribution in [2.45, 2.75) is 19.0 Å². The summed E-state index contributed by atoms with van der Waals surface area (Å²) in [4.78, 5) is 26.2. The first-order valence-corrected chi connectivity index (χ1v) is 8.71. The molecule has 0 radical (unpaired) electrons. The maximum Gasteiger partial charge on any atom is 0.312 e. The molecule has 23 heavy (non-hydrogen) atoms. The molecule has 0 spiro atoms. The number of carbonyl (C=O) groups excluding carboxylic acids is 2. The minimum Gasteiger partial charge on any atom is -0.352 e. The van der Waals surface area contributed by atoms with Crippen molar-refractivity contribution in [1.29, 1.82) is 0 Å². The maximum atomic E-state index is 12.5. The molecule has 1 aromatic heterocycles. The van der Waals surface area contributed by atoms with Gasteiger partial charge in [-0.3, -0.25) is 4.79 Å². The zero-order chi connectivity index (χ0) is 16.8. The Morgan fingerprint density at radius 3 is 2.65 bits per heavy atom. The van der Waals surface area contributed by atoms with Gasteiger partial charge in [0.2, 0.25) is 5.91 Å². The Hall–Kier alpha value is -1.86. The highest BCUT2D eigenvalue weighted by molar-refractivity contribution is 9.10. The van der Waals surface area contributed by atoms with Crippen molar-refractivity contribution in [3.63, 3.8) is 0 Å². The lowest BCUT2D eigenvalue weighted by Crippen LogP contribution is -2.36. The molecule has 7 heteroatoms. The third kappa shape index (κ3) is 5.07. The van der Waals surface area contributed by atoms with Gasteiger partial charge in [0.15, 0.2) is 0 Å². The van der Waals surface area contributed by atoms with E-state index in [4.69, 9.17) is 5.73 Å². The molecule has 1 atom stereocenters. The van der Waals surface area contributed by atoms with E-state index in [0.29, 0.717) is 6.54 Å². The second-order valence-corrected chi connectivity index (χ2v) is 6.96. The van der Waals surface area contributed by atoms with Gasteiger partial charge in [-0.05, 0) is 23.1 Å². The highest BCUT2D eigenvalue weighted by Gasteiger charge is 2.21. The first-order chi connectivity index (χ1) is 11.0. The van der Waals surface area contributed by atoms with Crippen LogP contribution < -0.4 is 11.1 Å². The molecule has 3 amide bonds. The summed E-state index contributed by atoms with van der Waals surface area (Å²) in [5.41, 5.74) is 6.24. The van der Waals surface area contributed by atoms with E-state index in [2.05, 4.69) is 21.2 Å². The lowest BCUT2D eigenvalue weighted by Gasteiger charge is -2.22. The van der Waals surface area contributed by atoms with Crippen molar-refractivity contribution in [3.8, 4) is 0 Å². The second kappa shape index (κ2) is 8.12.